The normalized spacial score (nSPS) is 27.6. The van der Waals surface area contributed by atoms with Crippen LogP contribution in [0, 0.1) is 5.92 Å². The number of aromatic nitrogens is 1. The number of carbonyl (C=O) groups is 2. The van der Waals surface area contributed by atoms with Gasteiger partial charge in [0.1, 0.15) is 6.61 Å². The zero-order valence-electron chi connectivity index (χ0n) is 15.2. The molecule has 2 amide bonds. The average Bonchev–Trinajstić information content (AvgIpc) is 2.96. The van der Waals surface area contributed by atoms with Crippen LogP contribution in [-0.4, -0.2) is 53.8 Å². The van der Waals surface area contributed by atoms with Gasteiger partial charge in [-0.25, -0.2) is 4.79 Å². The first kappa shape index (κ1) is 19.0. The van der Waals surface area contributed by atoms with Crippen molar-refractivity contribution in [1.29, 1.82) is 0 Å². The van der Waals surface area contributed by atoms with Gasteiger partial charge >= 0.3 is 12.3 Å². The summed E-state index contributed by atoms with van der Waals surface area (Å²) in [6, 6.07) is 3.63. The largest absolute Gasteiger partial charge is 0.447 e. The van der Waals surface area contributed by atoms with Crippen molar-refractivity contribution in [3.63, 3.8) is 0 Å². The maximum absolute atomic E-state index is 12.6. The number of hydrogen-bond donors (Lipinski definition) is 1. The highest BCUT2D eigenvalue weighted by Crippen LogP contribution is 2.49. The third-order valence-electron chi connectivity index (χ3n) is 5.98. The summed E-state index contributed by atoms with van der Waals surface area (Å²) < 4.78 is 42.6. The number of alkyl halides is 3. The lowest BCUT2D eigenvalue weighted by molar-refractivity contribution is -0.197. The smallest absolute Gasteiger partial charge is 0.407 e. The Labute approximate surface area is 160 Å². The van der Waals surface area contributed by atoms with Crippen molar-refractivity contribution < 1.29 is 27.5 Å². The van der Waals surface area contributed by atoms with E-state index < -0.39 is 18.2 Å². The number of hydrogen-bond acceptors (Lipinski definition) is 4. The molecule has 3 heterocycles. The van der Waals surface area contributed by atoms with E-state index in [1.165, 1.54) is 0 Å². The van der Waals surface area contributed by atoms with Crippen molar-refractivity contribution in [3.8, 4) is 0 Å². The lowest BCUT2D eigenvalue weighted by Crippen LogP contribution is -2.48. The summed E-state index contributed by atoms with van der Waals surface area (Å²) in [4.78, 5) is 29.3. The Bertz CT molecular complexity index is 741. The van der Waals surface area contributed by atoms with E-state index >= 15 is 0 Å². The van der Waals surface area contributed by atoms with E-state index in [9.17, 15) is 22.8 Å². The molecule has 1 atom stereocenters. The van der Waals surface area contributed by atoms with Crippen molar-refractivity contribution in [2.75, 3.05) is 19.7 Å². The van der Waals surface area contributed by atoms with Crippen LogP contribution in [0.25, 0.3) is 0 Å². The van der Waals surface area contributed by atoms with E-state index in [2.05, 4.69) is 10.3 Å². The predicted octanol–water partition coefficient (Wildman–Crippen LogP) is 2.95. The molecule has 0 bridgehead atoms. The topological polar surface area (TPSA) is 71.5 Å². The quantitative estimate of drug-likeness (QED) is 0.829. The molecule has 9 heteroatoms. The first-order valence-electron chi connectivity index (χ1n) is 9.53. The summed E-state index contributed by atoms with van der Waals surface area (Å²) in [5, 5.41) is 2.65. The van der Waals surface area contributed by atoms with Gasteiger partial charge in [-0.1, -0.05) is 6.07 Å². The van der Waals surface area contributed by atoms with Gasteiger partial charge in [0, 0.05) is 43.2 Å². The Hall–Kier alpha value is -2.32. The fourth-order valence-electron chi connectivity index (χ4n) is 3.96. The zero-order chi connectivity index (χ0) is 19.9. The van der Waals surface area contributed by atoms with E-state index in [4.69, 9.17) is 4.74 Å². The minimum absolute atomic E-state index is 0.0506. The molecule has 1 aliphatic carbocycles. The number of alkyl carbamates (subject to hydrolysis) is 1. The summed E-state index contributed by atoms with van der Waals surface area (Å²) in [5.41, 5.74) is 1.73. The summed E-state index contributed by atoms with van der Waals surface area (Å²) in [7, 11) is 0. The van der Waals surface area contributed by atoms with E-state index in [-0.39, 0.29) is 36.6 Å². The van der Waals surface area contributed by atoms with Crippen LogP contribution in [0.4, 0.5) is 18.0 Å². The minimum atomic E-state index is -4.10. The molecule has 0 aromatic carbocycles. The molecule has 6 nitrogen and oxygen atoms in total. The van der Waals surface area contributed by atoms with Crippen LogP contribution < -0.4 is 5.32 Å². The predicted molar refractivity (Wildman–Crippen MR) is 92.6 cm³/mol. The molecular formula is C19H22F3N3O3. The van der Waals surface area contributed by atoms with Crippen molar-refractivity contribution in [1.82, 2.24) is 15.2 Å². The average molecular weight is 397 g/mol. The van der Waals surface area contributed by atoms with E-state index in [0.717, 1.165) is 11.3 Å². The lowest BCUT2D eigenvalue weighted by Gasteiger charge is -2.40. The lowest BCUT2D eigenvalue weighted by atomic mass is 9.72. The molecule has 0 unspecified atom stereocenters. The van der Waals surface area contributed by atoms with Gasteiger partial charge in [0.25, 0.3) is 0 Å². The molecule has 1 aromatic rings. The van der Waals surface area contributed by atoms with Crippen LogP contribution in [0.1, 0.15) is 48.8 Å². The van der Waals surface area contributed by atoms with Crippen LogP contribution in [0.3, 0.4) is 0 Å². The maximum atomic E-state index is 12.6. The maximum Gasteiger partial charge on any atom is 0.407 e. The Balaban J connectivity index is 1.20. The molecule has 0 radical (unpaired) electrons. The number of nitrogens with zero attached hydrogens (tertiary/aromatic N) is 2. The van der Waals surface area contributed by atoms with Gasteiger partial charge in [0.05, 0.1) is 12.0 Å². The van der Waals surface area contributed by atoms with Crippen molar-refractivity contribution in [2.24, 2.45) is 5.92 Å². The number of likely N-dealkylation sites (tertiary alicyclic amines) is 1. The monoisotopic (exact) mass is 397 g/mol. The van der Waals surface area contributed by atoms with Gasteiger partial charge in [-0.05, 0) is 30.9 Å². The minimum Gasteiger partial charge on any atom is -0.447 e. The number of nitrogens with one attached hydrogen (secondary N) is 1. The molecular weight excluding hydrogens is 375 g/mol. The Morgan fingerprint density at radius 3 is 2.57 bits per heavy atom. The molecule has 3 fully saturated rings. The van der Waals surface area contributed by atoms with Crippen LogP contribution in [0.2, 0.25) is 0 Å². The third-order valence-corrected chi connectivity index (χ3v) is 5.98. The van der Waals surface area contributed by atoms with E-state index in [1.54, 1.807) is 11.1 Å². The van der Waals surface area contributed by atoms with Gasteiger partial charge in [0.2, 0.25) is 5.91 Å². The molecule has 1 N–H and O–H groups in total. The second-order valence-corrected chi connectivity index (χ2v) is 7.90. The van der Waals surface area contributed by atoms with Crippen LogP contribution >= 0.6 is 0 Å². The number of amides is 2. The molecule has 2 aliphatic heterocycles. The number of halogens is 3. The number of cyclic esters (lactones) is 1. The van der Waals surface area contributed by atoms with Gasteiger partial charge in [0.15, 0.2) is 0 Å². The Kier molecular flexibility index (Phi) is 4.93. The van der Waals surface area contributed by atoms with Gasteiger partial charge in [-0.3, -0.25) is 9.78 Å². The number of carbonyl (C=O) groups excluding carboxylic acids is 2. The molecule has 1 aromatic heterocycles. The summed E-state index contributed by atoms with van der Waals surface area (Å²) in [6.45, 7) is 1.54. The van der Waals surface area contributed by atoms with Gasteiger partial charge in [-0.15, -0.1) is 0 Å². The molecule has 3 aliphatic rings. The Morgan fingerprint density at radius 1 is 1.25 bits per heavy atom. The number of rotatable bonds is 5. The second-order valence-electron chi connectivity index (χ2n) is 7.90. The summed E-state index contributed by atoms with van der Waals surface area (Å²) >= 11 is 0. The Morgan fingerprint density at radius 2 is 2.00 bits per heavy atom. The zero-order valence-corrected chi connectivity index (χ0v) is 15.2. The molecule has 4 rings (SSSR count). The summed E-state index contributed by atoms with van der Waals surface area (Å²) in [5.74, 6) is -1.05. The van der Waals surface area contributed by atoms with Crippen molar-refractivity contribution in [2.45, 2.75) is 49.7 Å². The molecule has 152 valence electrons. The third kappa shape index (κ3) is 3.93. The number of ether oxygens (including phenoxy) is 1. The highest BCUT2D eigenvalue weighted by molar-refractivity contribution is 5.77. The van der Waals surface area contributed by atoms with Crippen molar-refractivity contribution >= 4 is 12.0 Å². The SMILES string of the molecule is O=C1N[C@H](CCC(=O)N2CC(c3ccc([C@H]4C[C@@H](C(F)(F)F)C4)nc3)C2)CO1. The van der Waals surface area contributed by atoms with E-state index in [0.29, 0.717) is 32.5 Å². The molecule has 1 saturated carbocycles. The molecule has 0 spiro atoms. The van der Waals surface area contributed by atoms with Gasteiger partial charge < -0.3 is 15.0 Å². The van der Waals surface area contributed by atoms with Crippen LogP contribution in [0.15, 0.2) is 18.3 Å². The first-order valence-corrected chi connectivity index (χ1v) is 9.53. The standard InChI is InChI=1S/C19H22F3N3O3/c20-19(21,22)14-5-12(6-14)16-3-1-11(7-23-16)13-8-25(9-13)17(26)4-2-15-10-28-18(27)24-15/h1,3,7,12-15H,2,4-6,8-10H2,(H,24,27)/t12-,14+,15-/m1/s1. The van der Waals surface area contributed by atoms with Crippen LogP contribution in [-0.2, 0) is 9.53 Å². The van der Waals surface area contributed by atoms with E-state index in [1.807, 2.05) is 12.1 Å². The van der Waals surface area contributed by atoms with Crippen molar-refractivity contribution in [3.05, 3.63) is 29.6 Å². The summed E-state index contributed by atoms with van der Waals surface area (Å²) in [6.07, 6.45) is -1.65. The molecule has 28 heavy (non-hydrogen) atoms. The highest BCUT2D eigenvalue weighted by atomic mass is 19.4. The second kappa shape index (κ2) is 7.25. The fraction of sp³-hybridized carbons (Fsp3) is 0.632. The highest BCUT2D eigenvalue weighted by Gasteiger charge is 2.48. The van der Waals surface area contributed by atoms with Gasteiger partial charge in [-0.2, -0.15) is 13.2 Å². The fourth-order valence-corrected chi connectivity index (χ4v) is 3.96. The first-order chi connectivity index (χ1) is 13.3. The van der Waals surface area contributed by atoms with Crippen LogP contribution in [0.5, 0.6) is 0 Å². The number of pyridine rings is 1. The molecule has 2 saturated heterocycles.